The number of hydrogen-bond acceptors (Lipinski definition) is 2. The topological polar surface area (TPSA) is 50.4 Å². The molecular formula is C18H22N2O2. The molecule has 0 aliphatic carbocycles. The molecule has 0 fully saturated rings. The maximum atomic E-state index is 12.2. The maximum absolute atomic E-state index is 12.2. The smallest absolute Gasteiger partial charge is 0.319 e. The summed E-state index contributed by atoms with van der Waals surface area (Å²) in [4.78, 5) is 12.2. The summed E-state index contributed by atoms with van der Waals surface area (Å²) < 4.78 is 5.21. The van der Waals surface area contributed by atoms with Gasteiger partial charge in [0.1, 0.15) is 5.75 Å². The van der Waals surface area contributed by atoms with Gasteiger partial charge in [-0.1, -0.05) is 24.3 Å². The second-order valence-corrected chi connectivity index (χ2v) is 5.34. The van der Waals surface area contributed by atoms with E-state index in [1.807, 2.05) is 63.2 Å². The second-order valence-electron chi connectivity index (χ2n) is 5.34. The molecule has 0 saturated heterocycles. The summed E-state index contributed by atoms with van der Waals surface area (Å²) in [5.74, 6) is 0.779. The van der Waals surface area contributed by atoms with Gasteiger partial charge in [0.05, 0.1) is 13.2 Å². The number of hydrogen-bond donors (Lipinski definition) is 2. The highest BCUT2D eigenvalue weighted by Gasteiger charge is 2.11. The van der Waals surface area contributed by atoms with Gasteiger partial charge in [0.15, 0.2) is 0 Å². The summed E-state index contributed by atoms with van der Waals surface area (Å²) in [7, 11) is 1.63. The van der Waals surface area contributed by atoms with Crippen LogP contribution in [0.15, 0.2) is 42.5 Å². The number of ether oxygens (including phenoxy) is 1. The van der Waals surface area contributed by atoms with Gasteiger partial charge in [-0.25, -0.2) is 4.79 Å². The molecule has 22 heavy (non-hydrogen) atoms. The average molecular weight is 298 g/mol. The molecule has 2 rings (SSSR count). The summed E-state index contributed by atoms with van der Waals surface area (Å²) in [6.45, 7) is 5.96. The van der Waals surface area contributed by atoms with Crippen LogP contribution in [-0.4, -0.2) is 13.1 Å². The molecule has 2 amide bonds. The van der Waals surface area contributed by atoms with Crippen molar-refractivity contribution >= 4 is 11.7 Å². The van der Waals surface area contributed by atoms with Crippen molar-refractivity contribution in [1.29, 1.82) is 0 Å². The van der Waals surface area contributed by atoms with Crippen molar-refractivity contribution in [2.45, 2.75) is 26.8 Å². The molecule has 0 aromatic heterocycles. The summed E-state index contributed by atoms with van der Waals surface area (Å²) in [6, 6.07) is 13.2. The zero-order chi connectivity index (χ0) is 16.1. The molecule has 0 bridgehead atoms. The van der Waals surface area contributed by atoms with Gasteiger partial charge < -0.3 is 15.4 Å². The minimum absolute atomic E-state index is 0.111. The van der Waals surface area contributed by atoms with Crippen LogP contribution in [0.25, 0.3) is 0 Å². The largest absolute Gasteiger partial charge is 0.497 e. The van der Waals surface area contributed by atoms with E-state index in [2.05, 4.69) is 10.6 Å². The molecule has 0 saturated carbocycles. The molecule has 0 unspecified atom stereocenters. The fourth-order valence-corrected chi connectivity index (χ4v) is 2.24. The van der Waals surface area contributed by atoms with E-state index >= 15 is 0 Å². The lowest BCUT2D eigenvalue weighted by Gasteiger charge is -2.17. The second kappa shape index (κ2) is 6.98. The van der Waals surface area contributed by atoms with Crippen molar-refractivity contribution in [2.24, 2.45) is 0 Å². The Morgan fingerprint density at radius 1 is 1.14 bits per heavy atom. The Hall–Kier alpha value is -2.49. The number of carbonyl (C=O) groups is 1. The predicted octanol–water partition coefficient (Wildman–Crippen LogP) is 4.19. The van der Waals surface area contributed by atoms with E-state index in [9.17, 15) is 4.79 Å². The Kier molecular flexibility index (Phi) is 5.04. The van der Waals surface area contributed by atoms with Crippen LogP contribution in [0, 0.1) is 13.8 Å². The third-order valence-corrected chi connectivity index (χ3v) is 3.79. The van der Waals surface area contributed by atoms with Crippen molar-refractivity contribution in [1.82, 2.24) is 5.32 Å². The fraction of sp³-hybridized carbons (Fsp3) is 0.278. The first kappa shape index (κ1) is 15.9. The highest BCUT2D eigenvalue weighted by atomic mass is 16.5. The third kappa shape index (κ3) is 3.79. The van der Waals surface area contributed by atoms with Crippen LogP contribution in [0.4, 0.5) is 10.5 Å². The molecule has 0 spiro atoms. The lowest BCUT2D eigenvalue weighted by molar-refractivity contribution is 0.249. The SMILES string of the molecule is COc1cccc([C@@H](C)NC(=O)Nc2cccc(C)c2C)c1. The van der Waals surface area contributed by atoms with Crippen LogP contribution in [0.3, 0.4) is 0 Å². The number of amides is 2. The lowest BCUT2D eigenvalue weighted by atomic mass is 10.1. The van der Waals surface area contributed by atoms with Crippen molar-refractivity contribution in [2.75, 3.05) is 12.4 Å². The normalized spacial score (nSPS) is 11.6. The van der Waals surface area contributed by atoms with Gasteiger partial charge >= 0.3 is 6.03 Å². The Balaban J connectivity index is 2.03. The van der Waals surface area contributed by atoms with Crippen LogP contribution in [0.5, 0.6) is 5.75 Å². The minimum atomic E-state index is -0.219. The van der Waals surface area contributed by atoms with Crippen LogP contribution < -0.4 is 15.4 Å². The number of rotatable bonds is 4. The number of aryl methyl sites for hydroxylation is 1. The molecule has 2 aromatic carbocycles. The first-order valence-corrected chi connectivity index (χ1v) is 7.29. The van der Waals surface area contributed by atoms with Crippen molar-refractivity contribution < 1.29 is 9.53 Å². The first-order chi connectivity index (χ1) is 10.5. The van der Waals surface area contributed by atoms with E-state index < -0.39 is 0 Å². The van der Waals surface area contributed by atoms with Crippen LogP contribution >= 0.6 is 0 Å². The van der Waals surface area contributed by atoms with E-state index in [-0.39, 0.29) is 12.1 Å². The Morgan fingerprint density at radius 3 is 2.59 bits per heavy atom. The summed E-state index contributed by atoms with van der Waals surface area (Å²) in [5.41, 5.74) is 4.05. The van der Waals surface area contributed by atoms with Gasteiger partial charge in [0, 0.05) is 5.69 Å². The number of nitrogens with one attached hydrogen (secondary N) is 2. The van der Waals surface area contributed by atoms with Gasteiger partial charge in [-0.15, -0.1) is 0 Å². The van der Waals surface area contributed by atoms with E-state index in [1.165, 1.54) is 0 Å². The Bertz CT molecular complexity index is 668. The highest BCUT2D eigenvalue weighted by Crippen LogP contribution is 2.20. The van der Waals surface area contributed by atoms with Crippen molar-refractivity contribution in [3.63, 3.8) is 0 Å². The summed E-state index contributed by atoms with van der Waals surface area (Å²) in [6.07, 6.45) is 0. The molecule has 2 N–H and O–H groups in total. The number of urea groups is 1. The Morgan fingerprint density at radius 2 is 1.86 bits per heavy atom. The monoisotopic (exact) mass is 298 g/mol. The molecule has 116 valence electrons. The van der Waals surface area contributed by atoms with Gasteiger partial charge in [0.25, 0.3) is 0 Å². The molecule has 0 heterocycles. The summed E-state index contributed by atoms with van der Waals surface area (Å²) >= 11 is 0. The number of carbonyl (C=O) groups excluding carboxylic acids is 1. The minimum Gasteiger partial charge on any atom is -0.497 e. The first-order valence-electron chi connectivity index (χ1n) is 7.29. The van der Waals surface area contributed by atoms with E-state index in [4.69, 9.17) is 4.74 Å². The molecule has 2 aromatic rings. The Labute approximate surface area is 131 Å². The van der Waals surface area contributed by atoms with E-state index in [1.54, 1.807) is 7.11 Å². The average Bonchev–Trinajstić information content (AvgIpc) is 2.51. The number of anilines is 1. The number of methoxy groups -OCH3 is 1. The van der Waals surface area contributed by atoms with Crippen LogP contribution in [0.1, 0.15) is 29.7 Å². The maximum Gasteiger partial charge on any atom is 0.319 e. The quantitative estimate of drug-likeness (QED) is 0.889. The zero-order valence-corrected chi connectivity index (χ0v) is 13.4. The molecule has 0 aliphatic rings. The van der Waals surface area contributed by atoms with Crippen LogP contribution in [-0.2, 0) is 0 Å². The lowest BCUT2D eigenvalue weighted by Crippen LogP contribution is -2.31. The summed E-state index contributed by atoms with van der Waals surface area (Å²) in [5, 5.41) is 5.84. The molecule has 4 heteroatoms. The van der Waals surface area contributed by atoms with Gasteiger partial charge in [-0.2, -0.15) is 0 Å². The third-order valence-electron chi connectivity index (χ3n) is 3.79. The van der Waals surface area contributed by atoms with Gasteiger partial charge in [0.2, 0.25) is 0 Å². The molecule has 4 nitrogen and oxygen atoms in total. The van der Waals surface area contributed by atoms with Gasteiger partial charge in [-0.05, 0) is 55.7 Å². The van der Waals surface area contributed by atoms with E-state index in [0.717, 1.165) is 28.1 Å². The predicted molar refractivity (Wildman–Crippen MR) is 89.5 cm³/mol. The highest BCUT2D eigenvalue weighted by molar-refractivity contribution is 5.90. The van der Waals surface area contributed by atoms with Crippen LogP contribution in [0.2, 0.25) is 0 Å². The fourth-order valence-electron chi connectivity index (χ4n) is 2.24. The van der Waals surface area contributed by atoms with Crippen molar-refractivity contribution in [3.8, 4) is 5.75 Å². The molecule has 0 aliphatic heterocycles. The number of benzene rings is 2. The van der Waals surface area contributed by atoms with E-state index in [0.29, 0.717) is 0 Å². The zero-order valence-electron chi connectivity index (χ0n) is 13.4. The van der Waals surface area contributed by atoms with Gasteiger partial charge in [-0.3, -0.25) is 0 Å². The molecule has 0 radical (unpaired) electrons. The molecular weight excluding hydrogens is 276 g/mol. The van der Waals surface area contributed by atoms with Crippen molar-refractivity contribution in [3.05, 3.63) is 59.2 Å². The molecule has 1 atom stereocenters. The standard InChI is InChI=1S/C18H22N2O2/c1-12-7-5-10-17(13(12)2)20-18(21)19-14(3)15-8-6-9-16(11-15)22-4/h5-11,14H,1-4H3,(H2,19,20,21)/t14-/m1/s1.